The molecule has 4 nitrogen and oxygen atoms in total. The fourth-order valence-corrected chi connectivity index (χ4v) is 2.36. The molecule has 0 fully saturated rings. The van der Waals surface area contributed by atoms with Gasteiger partial charge >= 0.3 is 0 Å². The Morgan fingerprint density at radius 1 is 1.32 bits per heavy atom. The predicted molar refractivity (Wildman–Crippen MR) is 79.4 cm³/mol. The summed E-state index contributed by atoms with van der Waals surface area (Å²) in [4.78, 5) is 1.77. The van der Waals surface area contributed by atoms with E-state index in [0.717, 1.165) is 5.56 Å². The summed E-state index contributed by atoms with van der Waals surface area (Å²) < 4.78 is 10.9. The average molecular weight is 347 g/mol. The Labute approximate surface area is 124 Å². The summed E-state index contributed by atoms with van der Waals surface area (Å²) in [5, 5.41) is 10.6. The van der Waals surface area contributed by atoms with Crippen molar-refractivity contribution in [3.8, 4) is 22.6 Å². The molecular weight excluding hydrogens is 334 g/mol. The van der Waals surface area contributed by atoms with Crippen molar-refractivity contribution in [2.24, 2.45) is 0 Å². The van der Waals surface area contributed by atoms with E-state index in [4.69, 9.17) is 20.8 Å². The largest absolute Gasteiger partial charge is 0.503 e. The van der Waals surface area contributed by atoms with Crippen LogP contribution in [0.15, 0.2) is 27.3 Å². The Morgan fingerprint density at radius 3 is 2.58 bits per heavy atom. The van der Waals surface area contributed by atoms with Crippen LogP contribution in [-0.2, 0) is 0 Å². The maximum atomic E-state index is 10.1. The van der Waals surface area contributed by atoms with E-state index in [1.807, 2.05) is 14.1 Å². The van der Waals surface area contributed by atoms with Crippen molar-refractivity contribution in [3.63, 3.8) is 0 Å². The second kappa shape index (κ2) is 5.35. The molecule has 2 aromatic rings. The van der Waals surface area contributed by atoms with Crippen molar-refractivity contribution in [1.82, 2.24) is 0 Å². The minimum Gasteiger partial charge on any atom is -0.503 e. The smallest absolute Gasteiger partial charge is 0.214 e. The van der Waals surface area contributed by atoms with Gasteiger partial charge in [0.2, 0.25) is 10.6 Å². The van der Waals surface area contributed by atoms with Gasteiger partial charge in [0.25, 0.3) is 0 Å². The van der Waals surface area contributed by atoms with Gasteiger partial charge in [0.1, 0.15) is 5.75 Å². The predicted octanol–water partition coefficient (Wildman–Crippen LogP) is 4.14. The fraction of sp³-hybridized carbons (Fsp3) is 0.231. The second-order valence-corrected chi connectivity index (χ2v) is 5.34. The minimum absolute atomic E-state index is 0.0352. The van der Waals surface area contributed by atoms with Crippen LogP contribution in [0.1, 0.15) is 0 Å². The van der Waals surface area contributed by atoms with E-state index in [2.05, 4.69) is 15.9 Å². The summed E-state index contributed by atoms with van der Waals surface area (Å²) in [6, 6.07) is 5.23. The van der Waals surface area contributed by atoms with Gasteiger partial charge in [-0.1, -0.05) is 11.6 Å². The Bertz CT molecular complexity index is 610. The summed E-state index contributed by atoms with van der Waals surface area (Å²) in [6.45, 7) is 0. The Kier molecular flexibility index (Phi) is 3.96. The highest BCUT2D eigenvalue weighted by Crippen LogP contribution is 2.46. The van der Waals surface area contributed by atoms with Gasteiger partial charge in [-0.05, 0) is 39.7 Å². The molecule has 1 N–H and O–H groups in total. The van der Waals surface area contributed by atoms with Crippen LogP contribution in [0.3, 0.4) is 0 Å². The van der Waals surface area contributed by atoms with Gasteiger partial charge < -0.3 is 19.2 Å². The molecule has 1 heterocycles. The first-order valence-electron chi connectivity index (χ1n) is 5.47. The number of rotatable bonds is 3. The first kappa shape index (κ1) is 14.1. The lowest BCUT2D eigenvalue weighted by Gasteiger charge is -2.12. The molecule has 0 atom stereocenters. The van der Waals surface area contributed by atoms with Gasteiger partial charge in [0.15, 0.2) is 5.75 Å². The molecule has 0 bridgehead atoms. The highest BCUT2D eigenvalue weighted by molar-refractivity contribution is 9.10. The quantitative estimate of drug-likeness (QED) is 0.907. The zero-order chi connectivity index (χ0) is 14.2. The summed E-state index contributed by atoms with van der Waals surface area (Å²) in [6.07, 6.45) is 0. The van der Waals surface area contributed by atoms with Crippen LogP contribution in [0.5, 0.6) is 11.5 Å². The SMILES string of the molecule is COc1cc(Cl)cc(-c2c(N(C)C)oc(Br)c2O)c1. The first-order valence-corrected chi connectivity index (χ1v) is 6.64. The molecule has 0 radical (unpaired) electrons. The number of methoxy groups -OCH3 is 1. The molecule has 0 aliphatic heterocycles. The number of nitrogens with zero attached hydrogens (tertiary/aromatic N) is 1. The van der Waals surface area contributed by atoms with Gasteiger partial charge in [0.05, 0.1) is 12.7 Å². The zero-order valence-corrected chi connectivity index (χ0v) is 13.0. The Morgan fingerprint density at radius 2 is 2.00 bits per heavy atom. The highest BCUT2D eigenvalue weighted by Gasteiger charge is 2.22. The maximum absolute atomic E-state index is 10.1. The number of furan rings is 1. The lowest BCUT2D eigenvalue weighted by atomic mass is 10.1. The van der Waals surface area contributed by atoms with E-state index in [1.54, 1.807) is 30.2 Å². The van der Waals surface area contributed by atoms with Gasteiger partial charge in [-0.15, -0.1) is 0 Å². The molecule has 1 aromatic carbocycles. The van der Waals surface area contributed by atoms with Crippen LogP contribution in [0, 0.1) is 0 Å². The van der Waals surface area contributed by atoms with E-state index in [0.29, 0.717) is 22.2 Å². The van der Waals surface area contributed by atoms with Gasteiger partial charge in [-0.2, -0.15) is 0 Å². The standard InChI is InChI=1S/C13H13BrClNO3/c1-16(2)13-10(11(17)12(14)19-13)7-4-8(15)6-9(5-7)18-3/h4-6,17H,1-3H3. The molecule has 0 saturated heterocycles. The molecule has 0 aliphatic rings. The van der Waals surface area contributed by atoms with E-state index >= 15 is 0 Å². The Balaban J connectivity index is 2.67. The van der Waals surface area contributed by atoms with Crippen LogP contribution in [0.25, 0.3) is 11.1 Å². The molecule has 2 rings (SSSR count). The lowest BCUT2D eigenvalue weighted by Crippen LogP contribution is -2.08. The maximum Gasteiger partial charge on any atom is 0.214 e. The topological polar surface area (TPSA) is 45.8 Å². The number of aromatic hydroxyl groups is 1. The molecule has 0 unspecified atom stereocenters. The summed E-state index contributed by atoms with van der Waals surface area (Å²) in [5.74, 6) is 1.19. The zero-order valence-electron chi connectivity index (χ0n) is 10.7. The van der Waals surface area contributed by atoms with Gasteiger partial charge in [-0.25, -0.2) is 0 Å². The third kappa shape index (κ3) is 2.67. The Hall–Kier alpha value is -1.33. The molecule has 19 heavy (non-hydrogen) atoms. The second-order valence-electron chi connectivity index (χ2n) is 4.18. The number of hydrogen-bond acceptors (Lipinski definition) is 4. The molecule has 0 spiro atoms. The monoisotopic (exact) mass is 345 g/mol. The van der Waals surface area contributed by atoms with Crippen molar-refractivity contribution in [1.29, 1.82) is 0 Å². The summed E-state index contributed by atoms with van der Waals surface area (Å²) >= 11 is 9.23. The molecule has 0 amide bonds. The van der Waals surface area contributed by atoms with Crippen LogP contribution in [-0.4, -0.2) is 26.3 Å². The number of ether oxygens (including phenoxy) is 1. The van der Waals surface area contributed by atoms with Crippen LogP contribution < -0.4 is 9.64 Å². The van der Waals surface area contributed by atoms with Crippen molar-refractivity contribution in [2.45, 2.75) is 0 Å². The summed E-state index contributed by atoms with van der Waals surface area (Å²) in [5.41, 5.74) is 1.29. The average Bonchev–Trinajstić information content (AvgIpc) is 2.65. The normalized spacial score (nSPS) is 10.6. The molecule has 0 aliphatic carbocycles. The van der Waals surface area contributed by atoms with Crippen molar-refractivity contribution in [2.75, 3.05) is 26.1 Å². The lowest BCUT2D eigenvalue weighted by molar-refractivity contribution is 0.415. The third-order valence-corrected chi connectivity index (χ3v) is 3.38. The van der Waals surface area contributed by atoms with E-state index in [1.165, 1.54) is 0 Å². The first-order chi connectivity index (χ1) is 8.93. The minimum atomic E-state index is 0.0352. The number of hydrogen-bond donors (Lipinski definition) is 1. The molecule has 102 valence electrons. The third-order valence-electron chi connectivity index (χ3n) is 2.62. The van der Waals surface area contributed by atoms with Crippen molar-refractivity contribution < 1.29 is 14.3 Å². The van der Waals surface area contributed by atoms with Gasteiger partial charge in [-0.3, -0.25) is 0 Å². The molecule has 0 saturated carbocycles. The fourth-order valence-electron chi connectivity index (χ4n) is 1.78. The van der Waals surface area contributed by atoms with Crippen LogP contribution >= 0.6 is 27.5 Å². The van der Waals surface area contributed by atoms with Crippen LogP contribution in [0.2, 0.25) is 5.02 Å². The van der Waals surface area contributed by atoms with E-state index < -0.39 is 0 Å². The highest BCUT2D eigenvalue weighted by atomic mass is 79.9. The van der Waals surface area contributed by atoms with Gasteiger partial charge in [0, 0.05) is 19.1 Å². The molecular formula is C13H13BrClNO3. The number of anilines is 1. The van der Waals surface area contributed by atoms with Crippen molar-refractivity contribution >= 4 is 33.4 Å². The van der Waals surface area contributed by atoms with E-state index in [9.17, 15) is 5.11 Å². The number of halogens is 2. The number of benzene rings is 1. The van der Waals surface area contributed by atoms with Crippen LogP contribution in [0.4, 0.5) is 5.88 Å². The van der Waals surface area contributed by atoms with E-state index in [-0.39, 0.29) is 10.4 Å². The molecule has 1 aromatic heterocycles. The van der Waals surface area contributed by atoms with Crippen molar-refractivity contribution in [3.05, 3.63) is 27.9 Å². The summed E-state index contributed by atoms with van der Waals surface area (Å²) in [7, 11) is 5.22. The molecule has 6 heteroatoms.